The summed E-state index contributed by atoms with van der Waals surface area (Å²) in [5.41, 5.74) is -1.20. The zero-order valence-electron chi connectivity index (χ0n) is 18.1. The molecule has 2 saturated heterocycles. The number of hydrogen-bond acceptors (Lipinski definition) is 4. The third-order valence-corrected chi connectivity index (χ3v) is 6.87. The summed E-state index contributed by atoms with van der Waals surface area (Å²) in [6.07, 6.45) is 1.51. The summed E-state index contributed by atoms with van der Waals surface area (Å²) in [7, 11) is 1.72. The van der Waals surface area contributed by atoms with Crippen LogP contribution in [0.1, 0.15) is 61.3 Å². The number of rotatable bonds is 4. The first-order chi connectivity index (χ1) is 12.3. The predicted octanol–water partition coefficient (Wildman–Crippen LogP) is 1.13. The van der Waals surface area contributed by atoms with Gasteiger partial charge in [-0.3, -0.25) is 14.4 Å². The Bertz CT molecular complexity index is 629. The fourth-order valence-electron chi connectivity index (χ4n) is 4.60. The van der Waals surface area contributed by atoms with Crippen LogP contribution in [0.3, 0.4) is 0 Å². The van der Waals surface area contributed by atoms with Crippen molar-refractivity contribution in [2.24, 2.45) is 5.41 Å². The number of carbonyl (C=O) groups excluding carboxylic acids is 3. The first kappa shape index (κ1) is 21.7. The van der Waals surface area contributed by atoms with Crippen molar-refractivity contribution in [2.75, 3.05) is 20.1 Å². The summed E-state index contributed by atoms with van der Waals surface area (Å²) in [5, 5.41) is 5.87. The van der Waals surface area contributed by atoms with Gasteiger partial charge in [0, 0.05) is 20.0 Å². The molecule has 2 aliphatic heterocycles. The van der Waals surface area contributed by atoms with Crippen molar-refractivity contribution >= 4 is 17.7 Å². The molecule has 0 aromatic rings. The molecule has 154 valence electrons. The lowest BCUT2D eigenvalue weighted by molar-refractivity contribution is -0.145. The Balaban J connectivity index is 2.31. The molecule has 4 unspecified atom stereocenters. The monoisotopic (exact) mass is 380 g/mol. The summed E-state index contributed by atoms with van der Waals surface area (Å²) in [5.74, 6) is -0.190. The van der Waals surface area contributed by atoms with Crippen LogP contribution in [0.4, 0.5) is 0 Å². The van der Waals surface area contributed by atoms with Gasteiger partial charge in [-0.15, -0.1) is 0 Å². The van der Waals surface area contributed by atoms with Crippen LogP contribution in [0, 0.1) is 5.41 Å². The highest BCUT2D eigenvalue weighted by molar-refractivity contribution is 5.91. The number of nitrogens with one attached hydrogen (secondary N) is 2. The van der Waals surface area contributed by atoms with E-state index in [1.54, 1.807) is 20.9 Å². The quantitative estimate of drug-likeness (QED) is 0.766. The predicted molar refractivity (Wildman–Crippen MR) is 105 cm³/mol. The first-order valence-corrected chi connectivity index (χ1v) is 9.87. The maximum Gasteiger partial charge on any atom is 0.246 e. The van der Waals surface area contributed by atoms with E-state index in [4.69, 9.17) is 0 Å². The smallest absolute Gasteiger partial charge is 0.246 e. The number of hydrogen-bond donors (Lipinski definition) is 2. The number of likely N-dealkylation sites (N-methyl/N-ethyl adjacent to an activating group) is 1. The normalized spacial score (nSPS) is 30.1. The van der Waals surface area contributed by atoms with Gasteiger partial charge in [0.25, 0.3) is 0 Å². The van der Waals surface area contributed by atoms with Gasteiger partial charge in [0.15, 0.2) is 0 Å². The molecule has 3 amide bonds. The molecule has 7 heteroatoms. The van der Waals surface area contributed by atoms with Crippen molar-refractivity contribution in [3.8, 4) is 0 Å². The Labute approximate surface area is 163 Å². The Morgan fingerprint density at radius 1 is 1.00 bits per heavy atom. The zero-order valence-corrected chi connectivity index (χ0v) is 18.1. The van der Waals surface area contributed by atoms with Gasteiger partial charge in [-0.05, 0) is 46.1 Å². The maximum absolute atomic E-state index is 13.6. The van der Waals surface area contributed by atoms with E-state index in [1.165, 1.54) is 0 Å². The number of carbonyl (C=O) groups is 3. The topological polar surface area (TPSA) is 81.8 Å². The second kappa shape index (κ2) is 7.08. The molecule has 2 heterocycles. The lowest BCUT2D eigenvalue weighted by atomic mass is 9.79. The van der Waals surface area contributed by atoms with Crippen molar-refractivity contribution in [1.82, 2.24) is 20.4 Å². The minimum atomic E-state index is -0.619. The molecule has 0 saturated carbocycles. The van der Waals surface area contributed by atoms with Crippen LogP contribution >= 0.6 is 0 Å². The Morgan fingerprint density at radius 3 is 1.93 bits per heavy atom. The van der Waals surface area contributed by atoms with E-state index in [0.29, 0.717) is 13.1 Å². The molecule has 2 rings (SSSR count). The fourth-order valence-corrected chi connectivity index (χ4v) is 4.60. The largest absolute Gasteiger partial charge is 0.342 e. The Morgan fingerprint density at radius 2 is 1.48 bits per heavy atom. The molecule has 0 spiro atoms. The van der Waals surface area contributed by atoms with Crippen LogP contribution in [0.2, 0.25) is 0 Å². The van der Waals surface area contributed by atoms with Crippen molar-refractivity contribution in [2.45, 2.75) is 84.5 Å². The third kappa shape index (κ3) is 3.46. The van der Waals surface area contributed by atoms with Crippen molar-refractivity contribution in [3.05, 3.63) is 0 Å². The van der Waals surface area contributed by atoms with E-state index in [9.17, 15) is 14.4 Å². The molecule has 2 fully saturated rings. The van der Waals surface area contributed by atoms with Gasteiger partial charge in [-0.1, -0.05) is 20.8 Å². The number of fused-ring (bicyclic) bond motifs is 1. The van der Waals surface area contributed by atoms with Gasteiger partial charge >= 0.3 is 0 Å². The number of nitrogens with zero attached hydrogens (tertiary/aromatic N) is 2. The van der Waals surface area contributed by atoms with Crippen LogP contribution < -0.4 is 10.6 Å². The molecule has 2 aliphatic rings. The van der Waals surface area contributed by atoms with E-state index >= 15 is 0 Å². The highest BCUT2D eigenvalue weighted by atomic mass is 16.2. The van der Waals surface area contributed by atoms with Crippen molar-refractivity contribution in [1.29, 1.82) is 0 Å². The van der Waals surface area contributed by atoms with E-state index < -0.39 is 17.0 Å². The van der Waals surface area contributed by atoms with Crippen LogP contribution in [0.15, 0.2) is 0 Å². The average molecular weight is 381 g/mol. The fraction of sp³-hybridized carbons (Fsp3) is 0.850. The minimum absolute atomic E-state index is 0.0547. The molecule has 27 heavy (non-hydrogen) atoms. The highest BCUT2D eigenvalue weighted by Gasteiger charge is 2.63. The summed E-state index contributed by atoms with van der Waals surface area (Å²) >= 11 is 0. The van der Waals surface area contributed by atoms with Gasteiger partial charge in [-0.2, -0.15) is 0 Å². The Hall–Kier alpha value is -1.63. The second-order valence-electron chi connectivity index (χ2n) is 9.53. The van der Waals surface area contributed by atoms with Gasteiger partial charge in [0.05, 0.1) is 17.1 Å². The lowest BCUT2D eigenvalue weighted by Crippen LogP contribution is -2.63. The minimum Gasteiger partial charge on any atom is -0.342 e. The molecule has 7 nitrogen and oxygen atoms in total. The van der Waals surface area contributed by atoms with Crippen LogP contribution in [0.25, 0.3) is 0 Å². The molecule has 4 atom stereocenters. The van der Waals surface area contributed by atoms with Gasteiger partial charge in [0.1, 0.15) is 6.04 Å². The van der Waals surface area contributed by atoms with Crippen LogP contribution in [-0.2, 0) is 14.4 Å². The third-order valence-electron chi connectivity index (χ3n) is 6.87. The second-order valence-corrected chi connectivity index (χ2v) is 9.53. The van der Waals surface area contributed by atoms with E-state index in [1.807, 2.05) is 30.6 Å². The standard InChI is InChI=1S/C20H36N4O3/c1-13(21-8)16(26)22-15(18(3,4)5)17(27)24-12-10-19(6)20(24,7)9-11-23(19)14(2)25/h13,15,21H,9-12H2,1-8H3,(H,22,26). The molecule has 0 bridgehead atoms. The summed E-state index contributed by atoms with van der Waals surface area (Å²) in [6, 6.07) is -0.992. The van der Waals surface area contributed by atoms with Gasteiger partial charge < -0.3 is 20.4 Å². The first-order valence-electron chi connectivity index (χ1n) is 9.87. The summed E-state index contributed by atoms with van der Waals surface area (Å²) < 4.78 is 0. The summed E-state index contributed by atoms with van der Waals surface area (Å²) in [4.78, 5) is 42.0. The van der Waals surface area contributed by atoms with E-state index in [2.05, 4.69) is 24.5 Å². The molecule has 0 aliphatic carbocycles. The van der Waals surface area contributed by atoms with Gasteiger partial charge in [-0.25, -0.2) is 0 Å². The SMILES string of the molecule is CNC(C)C(=O)NC(C(=O)N1CCC2(C)N(C(C)=O)CCC12C)C(C)(C)C. The molecular formula is C20H36N4O3. The molecule has 2 N–H and O–H groups in total. The van der Waals surface area contributed by atoms with E-state index in [-0.39, 0.29) is 29.3 Å². The Kier molecular flexibility index (Phi) is 5.68. The maximum atomic E-state index is 13.6. The van der Waals surface area contributed by atoms with Crippen LogP contribution in [-0.4, -0.2) is 70.8 Å². The number of amides is 3. The van der Waals surface area contributed by atoms with Crippen molar-refractivity contribution < 1.29 is 14.4 Å². The lowest BCUT2D eigenvalue weighted by Gasteiger charge is -2.45. The van der Waals surface area contributed by atoms with E-state index in [0.717, 1.165) is 12.8 Å². The molecular weight excluding hydrogens is 344 g/mol. The molecule has 0 radical (unpaired) electrons. The van der Waals surface area contributed by atoms with Crippen LogP contribution in [0.5, 0.6) is 0 Å². The highest BCUT2D eigenvalue weighted by Crippen LogP contribution is 2.50. The molecule has 0 aromatic heterocycles. The molecule has 0 aromatic carbocycles. The average Bonchev–Trinajstić information content (AvgIpc) is 2.96. The summed E-state index contributed by atoms with van der Waals surface area (Å²) in [6.45, 7) is 14.7. The zero-order chi connectivity index (χ0) is 20.8. The van der Waals surface area contributed by atoms with Gasteiger partial charge in [0.2, 0.25) is 17.7 Å². The van der Waals surface area contributed by atoms with Crippen molar-refractivity contribution in [3.63, 3.8) is 0 Å². The number of likely N-dealkylation sites (tertiary alicyclic amines) is 2.